The van der Waals surface area contributed by atoms with E-state index in [9.17, 15) is 0 Å². The summed E-state index contributed by atoms with van der Waals surface area (Å²) >= 11 is 2.03. The molecule has 0 amide bonds. The lowest BCUT2D eigenvalue weighted by Gasteiger charge is -2.35. The van der Waals surface area contributed by atoms with Gasteiger partial charge in [-0.05, 0) is 51.5 Å². The van der Waals surface area contributed by atoms with Crippen molar-refractivity contribution in [1.82, 2.24) is 10.3 Å². The lowest BCUT2D eigenvalue weighted by atomic mass is 9.84. The quantitative estimate of drug-likeness (QED) is 0.850. The average Bonchev–Trinajstić information content (AvgIpc) is 2.91. The van der Waals surface area contributed by atoms with Crippen molar-refractivity contribution in [3.8, 4) is 0 Å². The molecule has 1 heterocycles. The summed E-state index contributed by atoms with van der Waals surface area (Å²) in [4.78, 5) is 6.72. The molecule has 2 nitrogen and oxygen atoms in total. The molecule has 21 heavy (non-hydrogen) atoms. The maximum Gasteiger partial charge on any atom is 0.113 e. The minimum absolute atomic E-state index is 0.193. The molecule has 3 heteroatoms. The molecule has 1 N–H and O–H groups in total. The van der Waals surface area contributed by atoms with E-state index in [4.69, 9.17) is 4.98 Å². The first kappa shape index (κ1) is 15.5. The van der Waals surface area contributed by atoms with E-state index >= 15 is 0 Å². The Morgan fingerprint density at radius 1 is 1.00 bits per heavy atom. The zero-order chi connectivity index (χ0) is 14.5. The number of fused-ring (bicyclic) bond motifs is 1. The van der Waals surface area contributed by atoms with Crippen LogP contribution in [0.1, 0.15) is 86.7 Å². The van der Waals surface area contributed by atoms with Crippen LogP contribution < -0.4 is 5.32 Å². The molecule has 3 rings (SSSR count). The summed E-state index contributed by atoms with van der Waals surface area (Å²) in [6, 6.07) is 0. The third-order valence-electron chi connectivity index (χ3n) is 5.18. The van der Waals surface area contributed by atoms with Gasteiger partial charge < -0.3 is 5.32 Å². The molecule has 1 fully saturated rings. The predicted octanol–water partition coefficient (Wildman–Crippen LogP) is 4.96. The van der Waals surface area contributed by atoms with Crippen LogP contribution in [0.25, 0.3) is 0 Å². The molecular weight excluding hydrogens is 276 g/mol. The van der Waals surface area contributed by atoms with Crippen molar-refractivity contribution in [2.75, 3.05) is 6.54 Å². The van der Waals surface area contributed by atoms with Gasteiger partial charge in [-0.1, -0.05) is 39.0 Å². The van der Waals surface area contributed by atoms with Crippen molar-refractivity contribution in [3.05, 3.63) is 15.6 Å². The summed E-state index contributed by atoms with van der Waals surface area (Å²) in [7, 11) is 0. The molecule has 1 saturated carbocycles. The Balaban J connectivity index is 1.87. The highest BCUT2D eigenvalue weighted by atomic mass is 32.1. The van der Waals surface area contributed by atoms with E-state index in [0.29, 0.717) is 0 Å². The van der Waals surface area contributed by atoms with E-state index in [2.05, 4.69) is 12.2 Å². The Hall–Kier alpha value is -0.410. The first-order valence-electron chi connectivity index (χ1n) is 9.08. The first-order valence-corrected chi connectivity index (χ1v) is 9.90. The zero-order valence-electron chi connectivity index (χ0n) is 13.5. The van der Waals surface area contributed by atoms with Gasteiger partial charge in [0.1, 0.15) is 5.01 Å². The minimum Gasteiger partial charge on any atom is -0.305 e. The highest BCUT2D eigenvalue weighted by Crippen LogP contribution is 2.40. The molecule has 0 radical (unpaired) electrons. The summed E-state index contributed by atoms with van der Waals surface area (Å²) < 4.78 is 0. The standard InChI is InChI=1S/C18H30N2S/c1-2-14-19-18(12-8-4-3-5-9-13-18)17-20-15-10-6-7-11-16(15)21-17/h19H,2-14H2,1H3. The van der Waals surface area contributed by atoms with E-state index in [1.54, 1.807) is 4.88 Å². The Labute approximate surface area is 133 Å². The molecule has 118 valence electrons. The van der Waals surface area contributed by atoms with E-state index in [1.807, 2.05) is 11.3 Å². The molecule has 0 bridgehead atoms. The van der Waals surface area contributed by atoms with Gasteiger partial charge in [0, 0.05) is 4.88 Å². The van der Waals surface area contributed by atoms with Gasteiger partial charge in [-0.3, -0.25) is 0 Å². The number of thiazole rings is 1. The number of aromatic nitrogens is 1. The second kappa shape index (κ2) is 7.23. The van der Waals surface area contributed by atoms with Crippen molar-refractivity contribution in [2.45, 2.75) is 89.5 Å². The average molecular weight is 307 g/mol. The van der Waals surface area contributed by atoms with E-state index in [1.165, 1.54) is 87.8 Å². The van der Waals surface area contributed by atoms with Crippen molar-refractivity contribution in [3.63, 3.8) is 0 Å². The summed E-state index contributed by atoms with van der Waals surface area (Å²) in [6.07, 6.45) is 16.0. The van der Waals surface area contributed by atoms with Crippen molar-refractivity contribution < 1.29 is 0 Å². The molecule has 0 aromatic carbocycles. The van der Waals surface area contributed by atoms with Crippen LogP contribution in [0.5, 0.6) is 0 Å². The molecule has 0 spiro atoms. The van der Waals surface area contributed by atoms with Crippen LogP contribution in [0.3, 0.4) is 0 Å². The third-order valence-corrected chi connectivity index (χ3v) is 6.54. The summed E-state index contributed by atoms with van der Waals surface area (Å²) in [5.41, 5.74) is 1.62. The van der Waals surface area contributed by atoms with Crippen LogP contribution in [-0.4, -0.2) is 11.5 Å². The number of nitrogens with one attached hydrogen (secondary N) is 1. The van der Waals surface area contributed by atoms with Crippen molar-refractivity contribution in [1.29, 1.82) is 0 Å². The van der Waals surface area contributed by atoms with Crippen LogP contribution in [0.15, 0.2) is 0 Å². The first-order chi connectivity index (χ1) is 10.3. The lowest BCUT2D eigenvalue weighted by Crippen LogP contribution is -2.43. The van der Waals surface area contributed by atoms with Crippen LogP contribution in [0.4, 0.5) is 0 Å². The Morgan fingerprint density at radius 3 is 2.43 bits per heavy atom. The minimum atomic E-state index is 0.193. The van der Waals surface area contributed by atoms with Crippen LogP contribution in [0.2, 0.25) is 0 Å². The van der Waals surface area contributed by atoms with Gasteiger partial charge in [0.25, 0.3) is 0 Å². The highest BCUT2D eigenvalue weighted by Gasteiger charge is 2.35. The molecular formula is C18H30N2S. The van der Waals surface area contributed by atoms with Gasteiger partial charge in [0.15, 0.2) is 0 Å². The third kappa shape index (κ3) is 3.50. The maximum atomic E-state index is 5.13. The fraction of sp³-hybridized carbons (Fsp3) is 0.833. The molecule has 2 aliphatic rings. The van der Waals surface area contributed by atoms with Crippen molar-refractivity contribution in [2.24, 2.45) is 0 Å². The monoisotopic (exact) mass is 306 g/mol. The van der Waals surface area contributed by atoms with Gasteiger partial charge in [-0.2, -0.15) is 0 Å². The normalized spacial score (nSPS) is 22.3. The maximum absolute atomic E-state index is 5.13. The molecule has 0 aliphatic heterocycles. The van der Waals surface area contributed by atoms with Gasteiger partial charge >= 0.3 is 0 Å². The van der Waals surface area contributed by atoms with E-state index in [-0.39, 0.29) is 5.54 Å². The van der Waals surface area contributed by atoms with E-state index in [0.717, 1.165) is 6.54 Å². The number of aryl methyl sites for hydroxylation is 2. The molecule has 1 aromatic heterocycles. The summed E-state index contributed by atoms with van der Waals surface area (Å²) in [6.45, 7) is 3.40. The molecule has 0 saturated heterocycles. The van der Waals surface area contributed by atoms with Gasteiger partial charge in [0.05, 0.1) is 11.2 Å². The second-order valence-electron chi connectivity index (χ2n) is 6.87. The van der Waals surface area contributed by atoms with Crippen molar-refractivity contribution >= 4 is 11.3 Å². The smallest absolute Gasteiger partial charge is 0.113 e. The van der Waals surface area contributed by atoms with Crippen LogP contribution in [0, 0.1) is 0 Å². The molecule has 2 aliphatic carbocycles. The Kier molecular flexibility index (Phi) is 5.33. The summed E-state index contributed by atoms with van der Waals surface area (Å²) in [5, 5.41) is 5.35. The van der Waals surface area contributed by atoms with Gasteiger partial charge in [-0.15, -0.1) is 11.3 Å². The number of hydrogen-bond acceptors (Lipinski definition) is 3. The number of nitrogens with zero attached hydrogens (tertiary/aromatic N) is 1. The predicted molar refractivity (Wildman–Crippen MR) is 91.0 cm³/mol. The highest BCUT2D eigenvalue weighted by molar-refractivity contribution is 7.11. The number of hydrogen-bond donors (Lipinski definition) is 1. The van der Waals surface area contributed by atoms with Crippen LogP contribution in [-0.2, 0) is 18.4 Å². The second-order valence-corrected chi connectivity index (χ2v) is 7.96. The Morgan fingerprint density at radius 2 is 1.71 bits per heavy atom. The lowest BCUT2D eigenvalue weighted by molar-refractivity contribution is 0.252. The summed E-state index contributed by atoms with van der Waals surface area (Å²) in [5.74, 6) is 0. The molecule has 1 aromatic rings. The fourth-order valence-corrected chi connectivity index (χ4v) is 5.27. The van der Waals surface area contributed by atoms with Gasteiger partial charge in [0.2, 0.25) is 0 Å². The van der Waals surface area contributed by atoms with Gasteiger partial charge in [-0.25, -0.2) is 4.98 Å². The molecule has 0 unspecified atom stereocenters. The number of rotatable bonds is 4. The SMILES string of the molecule is CCCNC1(c2nc3c(s2)CCCC3)CCCCCCC1. The topological polar surface area (TPSA) is 24.9 Å². The largest absolute Gasteiger partial charge is 0.305 e. The van der Waals surface area contributed by atoms with Crippen LogP contribution >= 0.6 is 11.3 Å². The van der Waals surface area contributed by atoms with E-state index < -0.39 is 0 Å². The fourth-order valence-electron chi connectivity index (χ4n) is 3.90. The Bertz CT molecular complexity index is 415. The zero-order valence-corrected chi connectivity index (χ0v) is 14.4. The molecule has 0 atom stereocenters.